The van der Waals surface area contributed by atoms with E-state index in [1.807, 2.05) is 25.3 Å². The van der Waals surface area contributed by atoms with E-state index in [1.165, 1.54) is 0 Å². The van der Waals surface area contributed by atoms with E-state index in [-0.39, 0.29) is 5.91 Å². The van der Waals surface area contributed by atoms with Crippen molar-refractivity contribution < 1.29 is 4.79 Å². The highest BCUT2D eigenvalue weighted by Crippen LogP contribution is 2.11. The lowest BCUT2D eigenvalue weighted by Gasteiger charge is -2.03. The van der Waals surface area contributed by atoms with Crippen molar-refractivity contribution in [3.05, 3.63) is 22.8 Å². The maximum Gasteiger partial charge on any atom is 0.243 e. The lowest BCUT2D eigenvalue weighted by molar-refractivity contribution is -0.120. The lowest BCUT2D eigenvalue weighted by Crippen LogP contribution is -2.26. The molecule has 0 spiro atoms. The Hall–Kier alpha value is -1.63. The maximum absolute atomic E-state index is 11.4. The molecule has 0 radical (unpaired) electrons. The number of hydrogen-bond acceptors (Lipinski definition) is 4. The maximum atomic E-state index is 11.4. The third-order valence-electron chi connectivity index (χ3n) is 2.50. The van der Waals surface area contributed by atoms with Gasteiger partial charge in [-0.05, 0) is 34.5 Å². The first-order valence-corrected chi connectivity index (χ1v) is 7.01. The molecule has 1 amide bonds. The number of aromatic nitrogens is 3. The Morgan fingerprint density at radius 3 is 3.05 bits per heavy atom. The molecule has 0 saturated heterocycles. The number of hydrogen-bond donors (Lipinski definition) is 2. The first kappa shape index (κ1) is 13.8. The van der Waals surface area contributed by atoms with E-state index >= 15 is 0 Å². The number of carbonyl (C=O) groups is 1. The summed E-state index contributed by atoms with van der Waals surface area (Å²) in [5.41, 5.74) is 0.765. The van der Waals surface area contributed by atoms with Crippen molar-refractivity contribution >= 4 is 33.4 Å². The van der Waals surface area contributed by atoms with Gasteiger partial charge in [0.15, 0.2) is 5.65 Å². The van der Waals surface area contributed by atoms with Crippen LogP contribution in [0.4, 0.5) is 5.95 Å². The second-order valence-electron chi connectivity index (χ2n) is 4.11. The molecule has 0 aliphatic carbocycles. The molecule has 102 valence electrons. The van der Waals surface area contributed by atoms with Crippen molar-refractivity contribution in [2.45, 2.75) is 19.8 Å². The minimum absolute atomic E-state index is 0.0425. The first-order valence-electron chi connectivity index (χ1n) is 6.21. The van der Waals surface area contributed by atoms with Gasteiger partial charge in [-0.3, -0.25) is 4.79 Å². The molecule has 7 heteroatoms. The molecule has 0 fully saturated rings. The molecule has 0 atom stereocenters. The standard InChI is InChI=1S/C12H16BrN5O/c1-2-6-14-11(19)5-7-15-12-16-10-4-3-9(13)8-18(10)17-12/h3-4,8H,2,5-7H2,1H3,(H,14,19)(H,15,17). The van der Waals surface area contributed by atoms with Crippen LogP contribution in [-0.4, -0.2) is 33.6 Å². The Balaban J connectivity index is 1.86. The van der Waals surface area contributed by atoms with Crippen LogP contribution in [-0.2, 0) is 4.79 Å². The van der Waals surface area contributed by atoms with Crippen LogP contribution in [0, 0.1) is 0 Å². The number of amides is 1. The van der Waals surface area contributed by atoms with Crippen LogP contribution in [0.3, 0.4) is 0 Å². The molecular formula is C12H16BrN5O. The van der Waals surface area contributed by atoms with Crippen LogP contribution in [0.2, 0.25) is 0 Å². The zero-order chi connectivity index (χ0) is 13.7. The fourth-order valence-corrected chi connectivity index (χ4v) is 1.90. The molecule has 2 rings (SSSR count). The first-order chi connectivity index (χ1) is 9.19. The van der Waals surface area contributed by atoms with Crippen molar-refractivity contribution in [2.24, 2.45) is 0 Å². The highest BCUT2D eigenvalue weighted by Gasteiger charge is 2.04. The van der Waals surface area contributed by atoms with Gasteiger partial charge >= 0.3 is 0 Å². The summed E-state index contributed by atoms with van der Waals surface area (Å²) in [5, 5.41) is 10.1. The number of anilines is 1. The van der Waals surface area contributed by atoms with Crippen molar-refractivity contribution in [3.63, 3.8) is 0 Å². The van der Waals surface area contributed by atoms with Gasteiger partial charge in [-0.2, -0.15) is 4.98 Å². The molecule has 0 bridgehead atoms. The summed E-state index contributed by atoms with van der Waals surface area (Å²) in [6, 6.07) is 3.78. The zero-order valence-electron chi connectivity index (χ0n) is 10.7. The second kappa shape index (κ2) is 6.51. The smallest absolute Gasteiger partial charge is 0.243 e. The van der Waals surface area contributed by atoms with Gasteiger partial charge in [-0.15, -0.1) is 5.10 Å². The van der Waals surface area contributed by atoms with E-state index in [0.29, 0.717) is 18.9 Å². The molecule has 6 nitrogen and oxygen atoms in total. The number of rotatable bonds is 6. The van der Waals surface area contributed by atoms with Crippen LogP contribution in [0.1, 0.15) is 19.8 Å². The van der Waals surface area contributed by atoms with Gasteiger partial charge in [0.2, 0.25) is 11.9 Å². The number of carbonyl (C=O) groups excluding carboxylic acids is 1. The molecule has 2 N–H and O–H groups in total. The molecule has 0 aliphatic rings. The summed E-state index contributed by atoms with van der Waals surface area (Å²) in [6.45, 7) is 3.27. The van der Waals surface area contributed by atoms with Gasteiger partial charge in [-0.1, -0.05) is 6.92 Å². The van der Waals surface area contributed by atoms with Crippen LogP contribution < -0.4 is 10.6 Å². The summed E-state index contributed by atoms with van der Waals surface area (Å²) in [5.74, 6) is 0.572. The third kappa shape index (κ3) is 3.92. The summed E-state index contributed by atoms with van der Waals surface area (Å²) < 4.78 is 2.62. The van der Waals surface area contributed by atoms with Crippen LogP contribution >= 0.6 is 15.9 Å². The van der Waals surface area contributed by atoms with E-state index in [2.05, 4.69) is 36.6 Å². The normalized spacial score (nSPS) is 10.6. The molecule has 2 heterocycles. The Labute approximate surface area is 119 Å². The Bertz CT molecular complexity index is 568. The topological polar surface area (TPSA) is 71.3 Å². The Kier molecular flexibility index (Phi) is 4.73. The average molecular weight is 326 g/mol. The van der Waals surface area contributed by atoms with Gasteiger partial charge in [0.25, 0.3) is 0 Å². The number of halogens is 1. The minimum Gasteiger partial charge on any atom is -0.356 e. The minimum atomic E-state index is 0.0425. The number of nitrogens with one attached hydrogen (secondary N) is 2. The largest absolute Gasteiger partial charge is 0.356 e. The molecule has 0 aliphatic heterocycles. The summed E-state index contributed by atoms with van der Waals surface area (Å²) >= 11 is 3.38. The number of nitrogens with zero attached hydrogens (tertiary/aromatic N) is 3. The highest BCUT2D eigenvalue weighted by atomic mass is 79.9. The highest BCUT2D eigenvalue weighted by molar-refractivity contribution is 9.10. The monoisotopic (exact) mass is 325 g/mol. The molecule has 19 heavy (non-hydrogen) atoms. The van der Waals surface area contributed by atoms with Gasteiger partial charge in [-0.25, -0.2) is 4.52 Å². The van der Waals surface area contributed by atoms with Crippen molar-refractivity contribution in [2.75, 3.05) is 18.4 Å². The lowest BCUT2D eigenvalue weighted by atomic mass is 10.4. The van der Waals surface area contributed by atoms with Gasteiger partial charge in [0.1, 0.15) is 0 Å². The quantitative estimate of drug-likeness (QED) is 0.849. The van der Waals surface area contributed by atoms with E-state index in [1.54, 1.807) is 4.52 Å². The van der Waals surface area contributed by atoms with E-state index < -0.39 is 0 Å². The van der Waals surface area contributed by atoms with Crippen molar-refractivity contribution in [1.82, 2.24) is 19.9 Å². The fourth-order valence-electron chi connectivity index (χ4n) is 1.57. The average Bonchev–Trinajstić information content (AvgIpc) is 2.78. The molecule has 2 aromatic heterocycles. The van der Waals surface area contributed by atoms with Crippen LogP contribution in [0.5, 0.6) is 0 Å². The molecular weight excluding hydrogens is 310 g/mol. The predicted octanol–water partition coefficient (Wildman–Crippen LogP) is 1.82. The van der Waals surface area contributed by atoms with E-state index in [9.17, 15) is 4.79 Å². The van der Waals surface area contributed by atoms with Gasteiger partial charge in [0, 0.05) is 30.2 Å². The SMILES string of the molecule is CCCNC(=O)CCNc1nc2ccc(Br)cn2n1. The van der Waals surface area contributed by atoms with Gasteiger partial charge < -0.3 is 10.6 Å². The van der Waals surface area contributed by atoms with Gasteiger partial charge in [0.05, 0.1) is 0 Å². The summed E-state index contributed by atoms with van der Waals surface area (Å²) in [7, 11) is 0. The van der Waals surface area contributed by atoms with E-state index in [0.717, 1.165) is 23.1 Å². The molecule has 0 saturated carbocycles. The molecule has 0 unspecified atom stereocenters. The Morgan fingerprint density at radius 2 is 2.26 bits per heavy atom. The molecule has 2 aromatic rings. The molecule has 0 aromatic carbocycles. The van der Waals surface area contributed by atoms with Crippen molar-refractivity contribution in [1.29, 1.82) is 0 Å². The van der Waals surface area contributed by atoms with E-state index in [4.69, 9.17) is 0 Å². The summed E-state index contributed by atoms with van der Waals surface area (Å²) in [4.78, 5) is 15.7. The number of fused-ring (bicyclic) bond motifs is 1. The number of pyridine rings is 1. The fraction of sp³-hybridized carbons (Fsp3) is 0.417. The third-order valence-corrected chi connectivity index (χ3v) is 2.97. The van der Waals surface area contributed by atoms with Crippen LogP contribution in [0.15, 0.2) is 22.8 Å². The zero-order valence-corrected chi connectivity index (χ0v) is 12.3. The summed E-state index contributed by atoms with van der Waals surface area (Å²) in [6.07, 6.45) is 3.20. The van der Waals surface area contributed by atoms with Crippen LogP contribution in [0.25, 0.3) is 5.65 Å². The predicted molar refractivity (Wildman–Crippen MR) is 77.1 cm³/mol. The Morgan fingerprint density at radius 1 is 1.42 bits per heavy atom. The van der Waals surface area contributed by atoms with Crippen molar-refractivity contribution in [3.8, 4) is 0 Å². The second-order valence-corrected chi connectivity index (χ2v) is 5.03.